The molecule has 0 spiro atoms. The van der Waals surface area contributed by atoms with E-state index in [-0.39, 0.29) is 0 Å². The summed E-state index contributed by atoms with van der Waals surface area (Å²) in [6.45, 7) is 0. The van der Waals surface area contributed by atoms with Crippen molar-refractivity contribution in [2.24, 2.45) is 0 Å². The van der Waals surface area contributed by atoms with E-state index in [1.165, 1.54) is 17.5 Å². The van der Waals surface area contributed by atoms with Gasteiger partial charge >= 0.3 is 0 Å². The van der Waals surface area contributed by atoms with Gasteiger partial charge in [-0.25, -0.2) is 0 Å². The van der Waals surface area contributed by atoms with Gasteiger partial charge in [0.2, 0.25) is 0 Å². The van der Waals surface area contributed by atoms with Crippen LogP contribution in [0.2, 0.25) is 0 Å². The topological polar surface area (TPSA) is 0 Å². The van der Waals surface area contributed by atoms with Gasteiger partial charge in [-0.1, -0.05) is 12.1 Å². The van der Waals surface area contributed by atoms with E-state index in [0.29, 0.717) is 0 Å². The predicted octanol–water partition coefficient (Wildman–Crippen LogP) is 2.98. The number of rotatable bonds is 0. The van der Waals surface area contributed by atoms with Crippen LogP contribution in [0.5, 0.6) is 0 Å². The zero-order valence-electron chi connectivity index (χ0n) is 6.10. The molecule has 2 rings (SSSR count). The molecule has 0 amide bonds. The SMILES string of the molecule is FC#Cc1cccc2c[c]sc12. The lowest BCUT2D eigenvalue weighted by Crippen LogP contribution is -1.71. The van der Waals surface area contributed by atoms with Gasteiger partial charge in [0.25, 0.3) is 0 Å². The van der Waals surface area contributed by atoms with Gasteiger partial charge in [-0.3, -0.25) is 0 Å². The van der Waals surface area contributed by atoms with Crippen molar-refractivity contribution in [2.45, 2.75) is 0 Å². The zero-order valence-corrected chi connectivity index (χ0v) is 6.91. The number of hydrogen-bond donors (Lipinski definition) is 0. The highest BCUT2D eigenvalue weighted by atomic mass is 32.1. The van der Waals surface area contributed by atoms with Crippen molar-refractivity contribution in [3.8, 4) is 12.1 Å². The van der Waals surface area contributed by atoms with Crippen LogP contribution in [0.3, 0.4) is 0 Å². The molecule has 0 N–H and O–H groups in total. The van der Waals surface area contributed by atoms with Gasteiger partial charge in [-0.05, 0) is 23.4 Å². The van der Waals surface area contributed by atoms with Crippen LogP contribution in [0.15, 0.2) is 24.3 Å². The number of fused-ring (bicyclic) bond motifs is 1. The Bertz CT molecular complexity index is 459. The van der Waals surface area contributed by atoms with E-state index in [2.05, 4.69) is 11.3 Å². The van der Waals surface area contributed by atoms with Crippen molar-refractivity contribution in [1.29, 1.82) is 0 Å². The first-order valence-electron chi connectivity index (χ1n) is 3.42. The summed E-state index contributed by atoms with van der Waals surface area (Å²) in [5, 5.41) is 4.06. The average molecular weight is 175 g/mol. The molecule has 1 radical (unpaired) electrons. The van der Waals surface area contributed by atoms with Gasteiger partial charge in [0.1, 0.15) is 6.17 Å². The molecular weight excluding hydrogens is 171 g/mol. The van der Waals surface area contributed by atoms with Crippen molar-refractivity contribution in [1.82, 2.24) is 0 Å². The summed E-state index contributed by atoms with van der Waals surface area (Å²) in [6.07, 6.45) is 1.41. The second-order valence-corrected chi connectivity index (χ2v) is 3.16. The summed E-state index contributed by atoms with van der Waals surface area (Å²) in [4.78, 5) is 0. The van der Waals surface area contributed by atoms with Crippen molar-refractivity contribution in [3.05, 3.63) is 35.2 Å². The smallest absolute Gasteiger partial charge is 0.111 e. The Balaban J connectivity index is 2.79. The van der Waals surface area contributed by atoms with Crippen LogP contribution in [0.4, 0.5) is 4.39 Å². The van der Waals surface area contributed by atoms with E-state index in [0.717, 1.165) is 15.6 Å². The molecule has 0 fully saturated rings. The van der Waals surface area contributed by atoms with Gasteiger partial charge < -0.3 is 0 Å². The third-order valence-electron chi connectivity index (χ3n) is 1.60. The molecule has 0 unspecified atom stereocenters. The Labute approximate surface area is 73.6 Å². The van der Waals surface area contributed by atoms with E-state index in [1.54, 1.807) is 6.07 Å². The molecule has 0 aliphatic rings. The molecule has 0 saturated heterocycles. The second kappa shape index (κ2) is 2.96. The lowest BCUT2D eigenvalue weighted by Gasteiger charge is -1.90. The molecule has 1 heterocycles. The number of hydrogen-bond acceptors (Lipinski definition) is 1. The minimum absolute atomic E-state index is 0.737. The second-order valence-electron chi connectivity index (χ2n) is 2.31. The summed E-state index contributed by atoms with van der Waals surface area (Å²) in [6, 6.07) is 7.51. The van der Waals surface area contributed by atoms with Crippen molar-refractivity contribution in [3.63, 3.8) is 0 Å². The minimum Gasteiger partial charge on any atom is -0.144 e. The fourth-order valence-corrected chi connectivity index (χ4v) is 1.86. The Kier molecular flexibility index (Phi) is 1.81. The van der Waals surface area contributed by atoms with Crippen LogP contribution in [-0.4, -0.2) is 0 Å². The maximum Gasteiger partial charge on any atom is 0.111 e. The van der Waals surface area contributed by atoms with E-state index in [9.17, 15) is 4.39 Å². The standard InChI is InChI=1S/C10H4FS/c11-6-4-8-2-1-3-9-5-7-12-10(8)9/h1-3,5H. The number of benzene rings is 1. The zero-order chi connectivity index (χ0) is 8.39. The first kappa shape index (κ1) is 7.33. The van der Waals surface area contributed by atoms with Crippen LogP contribution in [0.1, 0.15) is 5.56 Å². The lowest BCUT2D eigenvalue weighted by atomic mass is 10.2. The Morgan fingerprint density at radius 1 is 1.42 bits per heavy atom. The maximum absolute atomic E-state index is 11.7. The van der Waals surface area contributed by atoms with E-state index < -0.39 is 0 Å². The first-order chi connectivity index (χ1) is 5.92. The summed E-state index contributed by atoms with van der Waals surface area (Å²) < 4.78 is 12.7. The van der Waals surface area contributed by atoms with Crippen molar-refractivity contribution < 1.29 is 4.39 Å². The van der Waals surface area contributed by atoms with Gasteiger partial charge in [0.15, 0.2) is 0 Å². The molecule has 0 nitrogen and oxygen atoms in total. The molecule has 0 bridgehead atoms. The Morgan fingerprint density at radius 2 is 2.33 bits per heavy atom. The highest BCUT2D eigenvalue weighted by Gasteiger charge is 1.98. The largest absolute Gasteiger partial charge is 0.144 e. The first-order valence-corrected chi connectivity index (χ1v) is 4.24. The summed E-state index contributed by atoms with van der Waals surface area (Å²) in [7, 11) is 0. The molecule has 2 heteroatoms. The molecular formula is C10H4FS. The quantitative estimate of drug-likeness (QED) is 0.540. The van der Waals surface area contributed by atoms with Crippen LogP contribution < -0.4 is 0 Å². The Hall–Kier alpha value is -1.33. The van der Waals surface area contributed by atoms with E-state index >= 15 is 0 Å². The predicted molar refractivity (Wildman–Crippen MR) is 48.6 cm³/mol. The molecule has 57 valence electrons. The van der Waals surface area contributed by atoms with E-state index in [4.69, 9.17) is 0 Å². The molecule has 0 atom stereocenters. The molecule has 0 aliphatic heterocycles. The van der Waals surface area contributed by atoms with Gasteiger partial charge in [0, 0.05) is 10.9 Å². The molecule has 1 aromatic heterocycles. The third-order valence-corrected chi connectivity index (χ3v) is 2.50. The highest BCUT2D eigenvalue weighted by Crippen LogP contribution is 2.23. The van der Waals surface area contributed by atoms with Gasteiger partial charge in [-0.2, -0.15) is 0 Å². The average Bonchev–Trinajstić information content (AvgIpc) is 2.53. The van der Waals surface area contributed by atoms with Gasteiger partial charge in [0.05, 0.1) is 4.70 Å². The van der Waals surface area contributed by atoms with Crippen LogP contribution in [0.25, 0.3) is 10.1 Å². The summed E-state index contributed by atoms with van der Waals surface area (Å²) >= 11 is 1.46. The molecule has 0 saturated carbocycles. The number of halogens is 1. The van der Waals surface area contributed by atoms with Crippen molar-refractivity contribution >= 4 is 21.4 Å². The van der Waals surface area contributed by atoms with Crippen LogP contribution >= 0.6 is 11.3 Å². The maximum atomic E-state index is 11.7. The summed E-state index contributed by atoms with van der Waals surface area (Å²) in [5.41, 5.74) is 0.737. The Morgan fingerprint density at radius 3 is 3.17 bits per heavy atom. The number of thiophene rings is 1. The molecule has 0 aliphatic carbocycles. The van der Waals surface area contributed by atoms with Crippen LogP contribution in [-0.2, 0) is 0 Å². The normalized spacial score (nSPS) is 9.42. The lowest BCUT2D eigenvalue weighted by molar-refractivity contribution is 0.774. The van der Waals surface area contributed by atoms with Crippen molar-refractivity contribution in [2.75, 3.05) is 0 Å². The third kappa shape index (κ3) is 1.09. The molecule has 2 aromatic rings. The summed E-state index contributed by atoms with van der Waals surface area (Å²) in [5.74, 6) is 2.41. The molecule has 12 heavy (non-hydrogen) atoms. The van der Waals surface area contributed by atoms with Crippen LogP contribution in [0, 0.1) is 17.5 Å². The molecule has 1 aromatic carbocycles. The monoisotopic (exact) mass is 175 g/mol. The highest BCUT2D eigenvalue weighted by molar-refractivity contribution is 7.17. The minimum atomic E-state index is 0.737. The van der Waals surface area contributed by atoms with E-state index in [1.807, 2.05) is 18.2 Å². The van der Waals surface area contributed by atoms with Gasteiger partial charge in [-0.15, -0.1) is 15.7 Å². The fraction of sp³-hybridized carbons (Fsp3) is 0. The fourth-order valence-electron chi connectivity index (χ4n) is 1.08.